The van der Waals surface area contributed by atoms with E-state index in [0.717, 1.165) is 5.56 Å². The molecule has 3 amide bonds. The fourth-order valence-corrected chi connectivity index (χ4v) is 4.54. The molecule has 2 heterocycles. The second kappa shape index (κ2) is 9.87. The Morgan fingerprint density at radius 2 is 1.82 bits per heavy atom. The van der Waals surface area contributed by atoms with E-state index in [0.29, 0.717) is 35.4 Å². The lowest BCUT2D eigenvalue weighted by atomic mass is 10.1. The van der Waals surface area contributed by atoms with E-state index in [1.165, 1.54) is 4.90 Å². The number of carbonyl (C=O) groups excluding carboxylic acids is 3. The number of amides is 3. The summed E-state index contributed by atoms with van der Waals surface area (Å²) < 4.78 is 4.97. The van der Waals surface area contributed by atoms with Gasteiger partial charge in [-0.15, -0.1) is 0 Å². The number of hydrogen-bond acceptors (Lipinski definition) is 5. The van der Waals surface area contributed by atoms with Crippen molar-refractivity contribution in [2.45, 2.75) is 13.8 Å². The Morgan fingerprint density at radius 1 is 1.12 bits per heavy atom. The number of benzene rings is 2. The van der Waals surface area contributed by atoms with E-state index in [-0.39, 0.29) is 34.8 Å². The molecule has 1 aliphatic heterocycles. The SMILES string of the molecule is CCOC(=O)CN1CCN(c2c(C)cnc3c(NC(=O)c4c(Cl)cccc4Cl)cccc23)C1=O. The number of ether oxygens (including phenoxy) is 1. The molecule has 0 aliphatic carbocycles. The van der Waals surface area contributed by atoms with E-state index in [4.69, 9.17) is 27.9 Å². The van der Waals surface area contributed by atoms with Gasteiger partial charge in [-0.2, -0.15) is 0 Å². The maximum Gasteiger partial charge on any atom is 0.325 e. The number of rotatable bonds is 6. The molecule has 0 atom stereocenters. The first-order valence-corrected chi connectivity index (χ1v) is 11.4. The molecule has 1 aliphatic rings. The zero-order chi connectivity index (χ0) is 24.4. The highest BCUT2D eigenvalue weighted by molar-refractivity contribution is 6.40. The third-order valence-electron chi connectivity index (χ3n) is 5.48. The van der Waals surface area contributed by atoms with Crippen LogP contribution in [0, 0.1) is 6.92 Å². The van der Waals surface area contributed by atoms with Crippen LogP contribution in [0.1, 0.15) is 22.8 Å². The topological polar surface area (TPSA) is 91.8 Å². The Bertz CT molecular complexity index is 1280. The summed E-state index contributed by atoms with van der Waals surface area (Å²) >= 11 is 12.4. The predicted octanol–water partition coefficient (Wildman–Crippen LogP) is 4.91. The zero-order valence-corrected chi connectivity index (χ0v) is 20.1. The molecule has 0 spiro atoms. The molecular weight excluding hydrogens is 479 g/mol. The highest BCUT2D eigenvalue weighted by Crippen LogP contribution is 2.35. The molecule has 0 saturated carbocycles. The van der Waals surface area contributed by atoms with Crippen LogP contribution in [-0.4, -0.2) is 54.0 Å². The molecule has 176 valence electrons. The number of urea groups is 1. The fraction of sp³-hybridized carbons (Fsp3) is 0.250. The van der Waals surface area contributed by atoms with E-state index >= 15 is 0 Å². The highest BCUT2D eigenvalue weighted by Gasteiger charge is 2.33. The smallest absolute Gasteiger partial charge is 0.325 e. The van der Waals surface area contributed by atoms with Gasteiger partial charge in [0, 0.05) is 24.7 Å². The summed E-state index contributed by atoms with van der Waals surface area (Å²) in [5.41, 5.74) is 2.59. The summed E-state index contributed by atoms with van der Waals surface area (Å²) in [6, 6.07) is 9.88. The molecule has 4 rings (SSSR count). The summed E-state index contributed by atoms with van der Waals surface area (Å²) in [5.74, 6) is -0.915. The monoisotopic (exact) mass is 500 g/mol. The van der Waals surface area contributed by atoms with E-state index in [1.54, 1.807) is 48.4 Å². The van der Waals surface area contributed by atoms with Crippen molar-refractivity contribution in [2.75, 3.05) is 36.5 Å². The van der Waals surface area contributed by atoms with Crippen LogP contribution in [0.15, 0.2) is 42.6 Å². The van der Waals surface area contributed by atoms with Crippen LogP contribution < -0.4 is 10.2 Å². The Hall–Kier alpha value is -3.36. The van der Waals surface area contributed by atoms with Crippen molar-refractivity contribution in [2.24, 2.45) is 0 Å². The molecule has 1 N–H and O–H groups in total. The Labute approximate surface area is 206 Å². The lowest BCUT2D eigenvalue weighted by Gasteiger charge is -2.22. The molecule has 2 aromatic carbocycles. The van der Waals surface area contributed by atoms with Crippen molar-refractivity contribution >= 4 is 63.4 Å². The van der Waals surface area contributed by atoms with Gasteiger partial charge in [-0.3, -0.25) is 19.5 Å². The van der Waals surface area contributed by atoms with Gasteiger partial charge in [0.25, 0.3) is 5.91 Å². The minimum absolute atomic E-state index is 0.106. The number of aryl methyl sites for hydroxylation is 1. The lowest BCUT2D eigenvalue weighted by molar-refractivity contribution is -0.143. The first-order chi connectivity index (χ1) is 16.3. The first kappa shape index (κ1) is 23.8. The van der Waals surface area contributed by atoms with E-state index in [1.807, 2.05) is 13.0 Å². The van der Waals surface area contributed by atoms with Crippen molar-refractivity contribution in [3.8, 4) is 0 Å². The van der Waals surface area contributed by atoms with Gasteiger partial charge >= 0.3 is 12.0 Å². The van der Waals surface area contributed by atoms with Gasteiger partial charge < -0.3 is 15.0 Å². The Balaban J connectivity index is 1.68. The Kier molecular flexibility index (Phi) is 6.90. The van der Waals surface area contributed by atoms with Crippen molar-refractivity contribution in [3.63, 3.8) is 0 Å². The molecule has 1 saturated heterocycles. The zero-order valence-electron chi connectivity index (χ0n) is 18.6. The molecule has 10 heteroatoms. The number of pyridine rings is 1. The van der Waals surface area contributed by atoms with Crippen LogP contribution in [0.2, 0.25) is 10.0 Å². The number of aromatic nitrogens is 1. The van der Waals surface area contributed by atoms with E-state index < -0.39 is 11.9 Å². The van der Waals surface area contributed by atoms with Gasteiger partial charge in [0.1, 0.15) is 6.54 Å². The molecule has 1 aromatic heterocycles. The summed E-state index contributed by atoms with van der Waals surface area (Å²) in [7, 11) is 0. The highest BCUT2D eigenvalue weighted by atomic mass is 35.5. The number of nitrogens with zero attached hydrogens (tertiary/aromatic N) is 3. The second-order valence-corrected chi connectivity index (χ2v) is 8.52. The summed E-state index contributed by atoms with van der Waals surface area (Å²) in [5, 5.41) is 3.99. The van der Waals surface area contributed by atoms with Crippen LogP contribution in [0.25, 0.3) is 10.9 Å². The largest absolute Gasteiger partial charge is 0.465 e. The van der Waals surface area contributed by atoms with Crippen LogP contribution >= 0.6 is 23.2 Å². The van der Waals surface area contributed by atoms with Crippen LogP contribution in [0.5, 0.6) is 0 Å². The number of fused-ring (bicyclic) bond motifs is 1. The van der Waals surface area contributed by atoms with Gasteiger partial charge in [0.2, 0.25) is 0 Å². The number of anilines is 2. The van der Waals surface area contributed by atoms with Crippen LogP contribution in [0.4, 0.5) is 16.2 Å². The number of halogens is 2. The minimum Gasteiger partial charge on any atom is -0.465 e. The van der Waals surface area contributed by atoms with Gasteiger partial charge in [-0.25, -0.2) is 4.79 Å². The molecule has 0 radical (unpaired) electrons. The quantitative estimate of drug-likeness (QED) is 0.485. The number of hydrogen-bond donors (Lipinski definition) is 1. The van der Waals surface area contributed by atoms with Crippen LogP contribution in [-0.2, 0) is 9.53 Å². The molecular formula is C24H22Cl2N4O4. The number of para-hydroxylation sites is 1. The van der Waals surface area contributed by atoms with Crippen molar-refractivity contribution in [3.05, 3.63) is 63.8 Å². The van der Waals surface area contributed by atoms with Crippen molar-refractivity contribution in [1.29, 1.82) is 0 Å². The average Bonchev–Trinajstić information content (AvgIpc) is 3.13. The van der Waals surface area contributed by atoms with Gasteiger partial charge in [0.15, 0.2) is 0 Å². The van der Waals surface area contributed by atoms with Gasteiger partial charge in [0.05, 0.1) is 39.1 Å². The second-order valence-electron chi connectivity index (χ2n) is 7.70. The molecule has 3 aromatic rings. The van der Waals surface area contributed by atoms with Crippen molar-refractivity contribution in [1.82, 2.24) is 9.88 Å². The number of esters is 1. The lowest BCUT2D eigenvalue weighted by Crippen LogP contribution is -2.36. The average molecular weight is 501 g/mol. The summed E-state index contributed by atoms with van der Waals surface area (Å²) in [4.78, 5) is 45.5. The normalized spacial score (nSPS) is 13.5. The standard InChI is InChI=1S/C24H22Cl2N4O4/c1-3-34-19(31)13-29-10-11-30(24(29)33)22-14(2)12-27-21-15(22)6-4-9-18(21)28-23(32)20-16(25)7-5-8-17(20)26/h4-9,12H,3,10-11,13H2,1-2H3,(H,28,32). The van der Waals surface area contributed by atoms with Crippen molar-refractivity contribution < 1.29 is 19.1 Å². The molecule has 34 heavy (non-hydrogen) atoms. The maximum absolute atomic E-state index is 13.1. The summed E-state index contributed by atoms with van der Waals surface area (Å²) in [6.07, 6.45) is 1.65. The molecule has 1 fully saturated rings. The first-order valence-electron chi connectivity index (χ1n) is 10.7. The molecule has 8 nitrogen and oxygen atoms in total. The van der Waals surface area contributed by atoms with E-state index in [9.17, 15) is 14.4 Å². The fourth-order valence-electron chi connectivity index (χ4n) is 3.97. The maximum atomic E-state index is 13.1. The predicted molar refractivity (Wildman–Crippen MR) is 132 cm³/mol. The van der Waals surface area contributed by atoms with Crippen LogP contribution in [0.3, 0.4) is 0 Å². The van der Waals surface area contributed by atoms with Gasteiger partial charge in [-0.1, -0.05) is 41.4 Å². The summed E-state index contributed by atoms with van der Waals surface area (Å²) in [6.45, 7) is 4.53. The third kappa shape index (κ3) is 4.51. The number of nitrogens with one attached hydrogen (secondary N) is 1. The molecule has 0 unspecified atom stereocenters. The number of carbonyl (C=O) groups is 3. The third-order valence-corrected chi connectivity index (χ3v) is 6.11. The van der Waals surface area contributed by atoms with E-state index in [2.05, 4.69) is 10.3 Å². The minimum atomic E-state index is -0.468. The molecule has 0 bridgehead atoms. The Morgan fingerprint density at radius 3 is 2.53 bits per heavy atom. The van der Waals surface area contributed by atoms with Gasteiger partial charge in [-0.05, 0) is 37.6 Å².